The molecule has 1 N–H and O–H groups in total. The third-order valence-corrected chi connectivity index (χ3v) is 2.54. The van der Waals surface area contributed by atoms with Gasteiger partial charge in [0.05, 0.1) is 5.41 Å². The summed E-state index contributed by atoms with van der Waals surface area (Å²) in [6, 6.07) is 0. The summed E-state index contributed by atoms with van der Waals surface area (Å²) in [5, 5.41) is 9.11. The number of carboxylic acid groups (broad SMARTS) is 1. The van der Waals surface area contributed by atoms with E-state index in [2.05, 4.69) is 0 Å². The Morgan fingerprint density at radius 1 is 1.46 bits per heavy atom. The van der Waals surface area contributed by atoms with Crippen molar-refractivity contribution < 1.29 is 9.90 Å². The molecule has 0 saturated heterocycles. The zero-order chi connectivity index (χ0) is 9.90. The van der Waals surface area contributed by atoms with E-state index in [0.29, 0.717) is 19.3 Å². The summed E-state index contributed by atoms with van der Waals surface area (Å²) in [5.41, 5.74) is 0.643. The minimum atomic E-state index is -0.671. The molecule has 0 spiro atoms. The van der Waals surface area contributed by atoms with Crippen molar-refractivity contribution >= 4 is 5.97 Å². The highest BCUT2D eigenvalue weighted by Gasteiger charge is 2.37. The van der Waals surface area contributed by atoms with Gasteiger partial charge in [-0.2, -0.15) is 0 Å². The van der Waals surface area contributed by atoms with Crippen LogP contribution in [-0.2, 0) is 4.79 Å². The molecular weight excluding hydrogens is 164 g/mol. The van der Waals surface area contributed by atoms with Crippen molar-refractivity contribution in [2.45, 2.75) is 33.1 Å². The maximum absolute atomic E-state index is 11.1. The maximum atomic E-state index is 11.1. The summed E-state index contributed by atoms with van der Waals surface area (Å²) in [6.07, 6.45) is 7.94. The zero-order valence-electron chi connectivity index (χ0n) is 8.21. The fourth-order valence-electron chi connectivity index (χ4n) is 1.53. The molecule has 0 radical (unpaired) electrons. The van der Waals surface area contributed by atoms with E-state index in [4.69, 9.17) is 5.11 Å². The first kappa shape index (κ1) is 10.0. The Morgan fingerprint density at radius 2 is 2.00 bits per heavy atom. The molecule has 0 aromatic heterocycles. The smallest absolute Gasteiger partial charge is 0.310 e. The van der Waals surface area contributed by atoms with Crippen LogP contribution in [0.4, 0.5) is 0 Å². The monoisotopic (exact) mass is 180 g/mol. The van der Waals surface area contributed by atoms with Gasteiger partial charge in [0.2, 0.25) is 0 Å². The number of allylic oxidation sites excluding steroid dienone is 4. The molecule has 0 bridgehead atoms. The highest BCUT2D eigenvalue weighted by Crippen LogP contribution is 2.37. The second-order valence-corrected chi connectivity index (χ2v) is 3.95. The topological polar surface area (TPSA) is 37.3 Å². The van der Waals surface area contributed by atoms with Crippen LogP contribution in [0.5, 0.6) is 0 Å². The van der Waals surface area contributed by atoms with Gasteiger partial charge < -0.3 is 5.11 Å². The maximum Gasteiger partial charge on any atom is 0.310 e. The zero-order valence-corrected chi connectivity index (χ0v) is 8.21. The average molecular weight is 180 g/mol. The fraction of sp³-hybridized carbons (Fsp3) is 0.545. The van der Waals surface area contributed by atoms with Gasteiger partial charge in [-0.3, -0.25) is 4.79 Å². The second kappa shape index (κ2) is 3.77. The molecule has 0 saturated carbocycles. The lowest BCUT2D eigenvalue weighted by Gasteiger charge is -2.21. The van der Waals surface area contributed by atoms with Crippen LogP contribution >= 0.6 is 0 Å². The number of hydrogen-bond donors (Lipinski definition) is 1. The van der Waals surface area contributed by atoms with Crippen molar-refractivity contribution in [2.75, 3.05) is 0 Å². The largest absolute Gasteiger partial charge is 0.481 e. The highest BCUT2D eigenvalue weighted by molar-refractivity contribution is 5.76. The number of carboxylic acids is 1. The Morgan fingerprint density at radius 3 is 2.38 bits per heavy atom. The number of carbonyl (C=O) groups is 1. The van der Waals surface area contributed by atoms with Gasteiger partial charge in [-0.05, 0) is 33.1 Å². The molecule has 13 heavy (non-hydrogen) atoms. The van der Waals surface area contributed by atoms with E-state index in [1.165, 1.54) is 5.57 Å². The van der Waals surface area contributed by atoms with E-state index < -0.39 is 11.4 Å². The SMILES string of the molecule is CC(C)=CCC1(C(=O)O)CC=CC1. The average Bonchev–Trinajstić information content (AvgIpc) is 2.50. The van der Waals surface area contributed by atoms with Crippen molar-refractivity contribution in [1.82, 2.24) is 0 Å². The summed E-state index contributed by atoms with van der Waals surface area (Å²) in [5.74, 6) is -0.671. The van der Waals surface area contributed by atoms with Crippen molar-refractivity contribution in [3.63, 3.8) is 0 Å². The Bertz CT molecular complexity index is 249. The Kier molecular flexibility index (Phi) is 2.91. The molecule has 0 amide bonds. The summed E-state index contributed by atoms with van der Waals surface area (Å²) in [4.78, 5) is 11.1. The van der Waals surface area contributed by atoms with Crippen molar-refractivity contribution in [3.8, 4) is 0 Å². The first-order valence-electron chi connectivity index (χ1n) is 4.59. The van der Waals surface area contributed by atoms with Gasteiger partial charge in [0.15, 0.2) is 0 Å². The molecular formula is C11H16O2. The normalized spacial score (nSPS) is 18.6. The molecule has 0 aliphatic heterocycles. The first-order chi connectivity index (χ1) is 6.07. The summed E-state index contributed by atoms with van der Waals surface area (Å²) in [7, 11) is 0. The molecule has 0 aromatic carbocycles. The molecule has 0 atom stereocenters. The summed E-state index contributed by atoms with van der Waals surface area (Å²) >= 11 is 0. The molecule has 2 nitrogen and oxygen atoms in total. The third kappa shape index (κ3) is 2.20. The first-order valence-corrected chi connectivity index (χ1v) is 4.59. The van der Waals surface area contributed by atoms with Crippen LogP contribution in [0.3, 0.4) is 0 Å². The Hall–Kier alpha value is -1.05. The lowest BCUT2D eigenvalue weighted by atomic mass is 9.81. The third-order valence-electron chi connectivity index (χ3n) is 2.54. The van der Waals surface area contributed by atoms with Crippen molar-refractivity contribution in [1.29, 1.82) is 0 Å². The van der Waals surface area contributed by atoms with E-state index in [9.17, 15) is 4.79 Å². The predicted octanol–water partition coefficient (Wildman–Crippen LogP) is 2.76. The van der Waals surface area contributed by atoms with Gasteiger partial charge in [-0.1, -0.05) is 23.8 Å². The molecule has 1 aliphatic carbocycles. The van der Waals surface area contributed by atoms with Crippen molar-refractivity contribution in [3.05, 3.63) is 23.8 Å². The van der Waals surface area contributed by atoms with Crippen LogP contribution in [0, 0.1) is 5.41 Å². The quantitative estimate of drug-likeness (QED) is 0.678. The molecule has 0 heterocycles. The van der Waals surface area contributed by atoms with Crippen molar-refractivity contribution in [2.24, 2.45) is 5.41 Å². The van der Waals surface area contributed by atoms with Crippen LogP contribution in [0.1, 0.15) is 33.1 Å². The standard InChI is InChI=1S/C11H16O2/c1-9(2)5-8-11(10(12)13)6-3-4-7-11/h3-5H,6-8H2,1-2H3,(H,12,13). The van der Waals surface area contributed by atoms with Crippen LogP contribution in [-0.4, -0.2) is 11.1 Å². The lowest BCUT2D eigenvalue weighted by molar-refractivity contribution is -0.148. The van der Waals surface area contributed by atoms with Crippen LogP contribution in [0.25, 0.3) is 0 Å². The lowest BCUT2D eigenvalue weighted by Crippen LogP contribution is -2.27. The van der Waals surface area contributed by atoms with Gasteiger partial charge in [-0.25, -0.2) is 0 Å². The van der Waals surface area contributed by atoms with Crippen LogP contribution in [0.2, 0.25) is 0 Å². The molecule has 0 aromatic rings. The summed E-state index contributed by atoms with van der Waals surface area (Å²) < 4.78 is 0. The van der Waals surface area contributed by atoms with E-state index in [0.717, 1.165) is 0 Å². The van der Waals surface area contributed by atoms with Crippen LogP contribution in [0.15, 0.2) is 23.8 Å². The van der Waals surface area contributed by atoms with Gasteiger partial charge in [-0.15, -0.1) is 0 Å². The Labute approximate surface area is 79.0 Å². The minimum absolute atomic E-state index is 0.544. The van der Waals surface area contributed by atoms with Gasteiger partial charge >= 0.3 is 5.97 Å². The molecule has 1 rings (SSSR count). The highest BCUT2D eigenvalue weighted by atomic mass is 16.4. The fourth-order valence-corrected chi connectivity index (χ4v) is 1.53. The van der Waals surface area contributed by atoms with E-state index in [-0.39, 0.29) is 0 Å². The summed E-state index contributed by atoms with van der Waals surface area (Å²) in [6.45, 7) is 4.00. The number of aliphatic carboxylic acids is 1. The number of hydrogen-bond acceptors (Lipinski definition) is 1. The number of rotatable bonds is 3. The Balaban J connectivity index is 2.70. The van der Waals surface area contributed by atoms with Gasteiger partial charge in [0.1, 0.15) is 0 Å². The predicted molar refractivity (Wildman–Crippen MR) is 52.5 cm³/mol. The molecule has 0 fully saturated rings. The molecule has 2 heteroatoms. The van der Waals surface area contributed by atoms with E-state index in [1.807, 2.05) is 32.1 Å². The van der Waals surface area contributed by atoms with E-state index in [1.54, 1.807) is 0 Å². The minimum Gasteiger partial charge on any atom is -0.481 e. The molecule has 0 unspecified atom stereocenters. The second-order valence-electron chi connectivity index (χ2n) is 3.95. The van der Waals surface area contributed by atoms with Crippen LogP contribution < -0.4 is 0 Å². The molecule has 1 aliphatic rings. The van der Waals surface area contributed by atoms with E-state index >= 15 is 0 Å². The van der Waals surface area contributed by atoms with Gasteiger partial charge in [0.25, 0.3) is 0 Å². The molecule has 72 valence electrons. The van der Waals surface area contributed by atoms with Gasteiger partial charge in [0, 0.05) is 0 Å².